The van der Waals surface area contributed by atoms with Gasteiger partial charge in [-0.3, -0.25) is 9.89 Å². The molecule has 0 saturated heterocycles. The summed E-state index contributed by atoms with van der Waals surface area (Å²) in [6, 6.07) is 6.23. The number of hydrogen-bond donors (Lipinski definition) is 1. The third-order valence-corrected chi connectivity index (χ3v) is 4.71. The summed E-state index contributed by atoms with van der Waals surface area (Å²) in [7, 11) is 0. The summed E-state index contributed by atoms with van der Waals surface area (Å²) in [6.07, 6.45) is 4.72. The van der Waals surface area contributed by atoms with Gasteiger partial charge < -0.3 is 0 Å². The van der Waals surface area contributed by atoms with E-state index in [1.807, 2.05) is 0 Å². The summed E-state index contributed by atoms with van der Waals surface area (Å²) in [4.78, 5) is 12.2. The number of aromatic amines is 1. The van der Waals surface area contributed by atoms with E-state index in [4.69, 9.17) is 0 Å². The fourth-order valence-electron chi connectivity index (χ4n) is 2.85. The van der Waals surface area contributed by atoms with E-state index >= 15 is 0 Å². The minimum Gasteiger partial charge on any atom is -0.298 e. The summed E-state index contributed by atoms with van der Waals surface area (Å²) in [5.41, 5.74) is 1.87. The van der Waals surface area contributed by atoms with Crippen LogP contribution in [0, 0.1) is 5.82 Å². The second-order valence-corrected chi connectivity index (χ2v) is 6.13. The highest BCUT2D eigenvalue weighted by Gasteiger charge is 2.23. The topological polar surface area (TPSA) is 37.8 Å². The lowest BCUT2D eigenvalue weighted by molar-refractivity contribution is 0.611. The van der Waals surface area contributed by atoms with Crippen molar-refractivity contribution in [2.75, 3.05) is 0 Å². The fourth-order valence-corrected chi connectivity index (χ4v) is 3.47. The van der Waals surface area contributed by atoms with E-state index in [0.717, 1.165) is 24.1 Å². The molecule has 0 radical (unpaired) electrons. The molecule has 1 fully saturated rings. The largest absolute Gasteiger partial charge is 0.298 e. The average molecular weight is 339 g/mol. The highest BCUT2D eigenvalue weighted by Crippen LogP contribution is 2.35. The van der Waals surface area contributed by atoms with E-state index in [9.17, 15) is 9.18 Å². The van der Waals surface area contributed by atoms with Crippen molar-refractivity contribution >= 4 is 15.9 Å². The normalized spacial score (nSPS) is 15.9. The van der Waals surface area contributed by atoms with E-state index in [2.05, 4.69) is 21.0 Å². The van der Waals surface area contributed by atoms with Gasteiger partial charge in [0.1, 0.15) is 10.3 Å². The van der Waals surface area contributed by atoms with Gasteiger partial charge in [-0.15, -0.1) is 0 Å². The summed E-state index contributed by atoms with van der Waals surface area (Å²) < 4.78 is 15.1. The summed E-state index contributed by atoms with van der Waals surface area (Å²) in [6.45, 7) is 0.435. The van der Waals surface area contributed by atoms with E-state index in [1.54, 1.807) is 16.8 Å². The Morgan fingerprint density at radius 3 is 2.55 bits per heavy atom. The summed E-state index contributed by atoms with van der Waals surface area (Å²) in [5.74, 6) is 0.187. The lowest BCUT2D eigenvalue weighted by Crippen LogP contribution is -2.17. The van der Waals surface area contributed by atoms with Crippen LogP contribution in [0.25, 0.3) is 0 Å². The second kappa shape index (κ2) is 5.56. The first kappa shape index (κ1) is 13.6. The zero-order valence-corrected chi connectivity index (χ0v) is 12.6. The standard InChI is InChI=1S/C15H16BrFN2O/c16-13-14(11-3-1-2-4-11)18-19(15(13)20)9-10-5-7-12(17)8-6-10/h5-8,11,18H,1-4,9H2. The van der Waals surface area contributed by atoms with Crippen LogP contribution in [-0.4, -0.2) is 9.78 Å². The van der Waals surface area contributed by atoms with Crippen LogP contribution in [0.4, 0.5) is 4.39 Å². The average Bonchev–Trinajstić information content (AvgIpc) is 3.05. The molecule has 2 aromatic rings. The Kier molecular flexibility index (Phi) is 3.78. The molecule has 0 unspecified atom stereocenters. The maximum absolute atomic E-state index is 12.9. The maximum Gasteiger partial charge on any atom is 0.281 e. The van der Waals surface area contributed by atoms with Crippen LogP contribution in [0.5, 0.6) is 0 Å². The van der Waals surface area contributed by atoms with Gasteiger partial charge in [0, 0.05) is 5.92 Å². The zero-order chi connectivity index (χ0) is 14.1. The molecule has 0 atom stereocenters. The molecular weight excluding hydrogens is 323 g/mol. The first-order valence-electron chi connectivity index (χ1n) is 6.88. The quantitative estimate of drug-likeness (QED) is 0.908. The number of hydrogen-bond acceptors (Lipinski definition) is 1. The molecule has 5 heteroatoms. The Morgan fingerprint density at radius 2 is 1.90 bits per heavy atom. The molecule has 1 N–H and O–H groups in total. The first-order chi connectivity index (χ1) is 9.65. The third kappa shape index (κ3) is 2.59. The minimum atomic E-state index is -0.264. The molecule has 1 heterocycles. The molecule has 1 aromatic heterocycles. The van der Waals surface area contributed by atoms with Crippen LogP contribution in [0.1, 0.15) is 42.9 Å². The lowest BCUT2D eigenvalue weighted by atomic mass is 10.1. The van der Waals surface area contributed by atoms with Crippen LogP contribution in [0.15, 0.2) is 33.5 Å². The fraction of sp³-hybridized carbons (Fsp3) is 0.400. The molecule has 106 valence electrons. The van der Waals surface area contributed by atoms with Crippen molar-refractivity contribution in [1.82, 2.24) is 9.78 Å². The molecular formula is C15H16BrFN2O. The predicted octanol–water partition coefficient (Wildman–Crippen LogP) is 3.78. The molecule has 3 nitrogen and oxygen atoms in total. The monoisotopic (exact) mass is 338 g/mol. The molecule has 20 heavy (non-hydrogen) atoms. The van der Waals surface area contributed by atoms with E-state index < -0.39 is 0 Å². The van der Waals surface area contributed by atoms with E-state index in [0.29, 0.717) is 16.9 Å². The van der Waals surface area contributed by atoms with Gasteiger partial charge in [-0.05, 0) is 46.5 Å². The number of nitrogens with zero attached hydrogens (tertiary/aromatic N) is 1. The van der Waals surface area contributed by atoms with Crippen LogP contribution in [-0.2, 0) is 6.54 Å². The van der Waals surface area contributed by atoms with Crippen molar-refractivity contribution in [2.45, 2.75) is 38.1 Å². The first-order valence-corrected chi connectivity index (χ1v) is 7.67. The van der Waals surface area contributed by atoms with Gasteiger partial charge >= 0.3 is 0 Å². The van der Waals surface area contributed by atoms with Gasteiger partial charge in [-0.2, -0.15) is 0 Å². The van der Waals surface area contributed by atoms with Crippen molar-refractivity contribution in [3.8, 4) is 0 Å². The Morgan fingerprint density at radius 1 is 1.25 bits per heavy atom. The van der Waals surface area contributed by atoms with Gasteiger partial charge in [0.05, 0.1) is 12.2 Å². The van der Waals surface area contributed by atoms with Crippen LogP contribution < -0.4 is 5.56 Å². The van der Waals surface area contributed by atoms with Gasteiger partial charge in [0.25, 0.3) is 5.56 Å². The van der Waals surface area contributed by atoms with Gasteiger partial charge in [-0.1, -0.05) is 25.0 Å². The van der Waals surface area contributed by atoms with Crippen molar-refractivity contribution in [2.24, 2.45) is 0 Å². The maximum atomic E-state index is 12.9. The molecule has 0 aliphatic heterocycles. The Labute approximate surface area is 124 Å². The Bertz CT molecular complexity index is 654. The highest BCUT2D eigenvalue weighted by molar-refractivity contribution is 9.10. The smallest absolute Gasteiger partial charge is 0.281 e. The number of benzene rings is 1. The highest BCUT2D eigenvalue weighted by atomic mass is 79.9. The predicted molar refractivity (Wildman–Crippen MR) is 79.5 cm³/mol. The van der Waals surface area contributed by atoms with Crippen LogP contribution in [0.2, 0.25) is 0 Å². The SMILES string of the molecule is O=c1c(Br)c(C2CCCC2)[nH]n1Cc1ccc(F)cc1. The molecule has 1 aliphatic carbocycles. The number of aromatic nitrogens is 2. The number of H-pyrrole nitrogens is 1. The molecule has 1 aliphatic rings. The zero-order valence-electron chi connectivity index (χ0n) is 11.0. The van der Waals surface area contributed by atoms with E-state index in [1.165, 1.54) is 25.0 Å². The Balaban J connectivity index is 1.88. The van der Waals surface area contributed by atoms with Crippen molar-refractivity contribution in [3.05, 3.63) is 56.2 Å². The van der Waals surface area contributed by atoms with E-state index in [-0.39, 0.29) is 11.4 Å². The summed E-state index contributed by atoms with van der Waals surface area (Å²) >= 11 is 3.41. The number of halogens is 2. The van der Waals surface area contributed by atoms with Crippen LogP contribution in [0.3, 0.4) is 0 Å². The molecule has 0 spiro atoms. The van der Waals surface area contributed by atoms with Crippen molar-refractivity contribution < 1.29 is 4.39 Å². The lowest BCUT2D eigenvalue weighted by Gasteiger charge is -2.07. The van der Waals surface area contributed by atoms with Gasteiger partial charge in [0.15, 0.2) is 0 Å². The number of rotatable bonds is 3. The minimum absolute atomic E-state index is 0.0452. The van der Waals surface area contributed by atoms with Gasteiger partial charge in [-0.25, -0.2) is 9.07 Å². The van der Waals surface area contributed by atoms with Crippen molar-refractivity contribution in [1.29, 1.82) is 0 Å². The van der Waals surface area contributed by atoms with Gasteiger partial charge in [0.2, 0.25) is 0 Å². The molecule has 1 aromatic carbocycles. The van der Waals surface area contributed by atoms with Crippen LogP contribution >= 0.6 is 15.9 Å². The second-order valence-electron chi connectivity index (χ2n) is 5.34. The molecule has 0 bridgehead atoms. The number of nitrogens with one attached hydrogen (secondary N) is 1. The third-order valence-electron chi connectivity index (χ3n) is 3.94. The molecule has 0 amide bonds. The molecule has 1 saturated carbocycles. The Hall–Kier alpha value is -1.36. The van der Waals surface area contributed by atoms with Crippen molar-refractivity contribution in [3.63, 3.8) is 0 Å². The molecule has 3 rings (SSSR count). The summed E-state index contributed by atoms with van der Waals surface area (Å²) in [5, 5.41) is 3.22.